The molecule has 0 aliphatic carbocycles. The maximum Gasteiger partial charge on any atom is 0.254 e. The van der Waals surface area contributed by atoms with Crippen LogP contribution in [0.15, 0.2) is 12.4 Å². The maximum atomic E-state index is 4.30. The van der Waals surface area contributed by atoms with Gasteiger partial charge in [-0.1, -0.05) is 0 Å². The van der Waals surface area contributed by atoms with E-state index in [1.165, 1.54) is 6.33 Å². The normalized spacial score (nSPS) is 13.2. The summed E-state index contributed by atoms with van der Waals surface area (Å²) >= 11 is 0. The first-order valence-electron chi connectivity index (χ1n) is 5.65. The largest absolute Gasteiger partial charge is 0.366 e. The summed E-state index contributed by atoms with van der Waals surface area (Å²) in [5.41, 5.74) is 0.935. The van der Waals surface area contributed by atoms with Crippen LogP contribution in [0.1, 0.15) is 12.6 Å². The van der Waals surface area contributed by atoms with Gasteiger partial charge in [-0.2, -0.15) is 14.6 Å². The molecule has 0 aliphatic rings. The summed E-state index contributed by atoms with van der Waals surface area (Å²) < 4.78 is 1.72. The molecule has 2 aromatic rings. The van der Waals surface area contributed by atoms with Gasteiger partial charge < -0.3 is 10.2 Å². The van der Waals surface area contributed by atoms with Crippen molar-refractivity contribution >= 4 is 11.6 Å². The van der Waals surface area contributed by atoms with Gasteiger partial charge in [0.2, 0.25) is 0 Å². The minimum absolute atomic E-state index is 0.333. The third-order valence-corrected chi connectivity index (χ3v) is 2.41. The SMILES string of the molecule is Cc1cc(NC(C)CN(C)C)n2ncnc2n1. The fourth-order valence-corrected chi connectivity index (χ4v) is 1.88. The topological polar surface area (TPSA) is 58.4 Å². The van der Waals surface area contributed by atoms with Crippen molar-refractivity contribution in [1.82, 2.24) is 24.5 Å². The third kappa shape index (κ3) is 2.71. The Bertz CT molecular complexity index is 504. The summed E-state index contributed by atoms with van der Waals surface area (Å²) in [7, 11) is 4.11. The van der Waals surface area contributed by atoms with E-state index in [1.54, 1.807) is 4.52 Å². The molecule has 6 nitrogen and oxygen atoms in total. The Hall–Kier alpha value is -1.69. The molecule has 92 valence electrons. The summed E-state index contributed by atoms with van der Waals surface area (Å²) in [6, 6.07) is 2.31. The number of hydrogen-bond donors (Lipinski definition) is 1. The van der Waals surface area contributed by atoms with E-state index in [1.807, 2.05) is 13.0 Å². The highest BCUT2D eigenvalue weighted by atomic mass is 15.4. The summed E-state index contributed by atoms with van der Waals surface area (Å²) in [6.45, 7) is 5.05. The number of aromatic nitrogens is 4. The molecule has 0 aromatic carbocycles. The zero-order valence-corrected chi connectivity index (χ0v) is 10.7. The molecule has 1 N–H and O–H groups in total. The number of fused-ring (bicyclic) bond motifs is 1. The third-order valence-electron chi connectivity index (χ3n) is 2.41. The van der Waals surface area contributed by atoms with Crippen molar-refractivity contribution in [2.45, 2.75) is 19.9 Å². The molecule has 0 aliphatic heterocycles. The predicted molar refractivity (Wildman–Crippen MR) is 67.2 cm³/mol. The van der Waals surface area contributed by atoms with Gasteiger partial charge in [0.25, 0.3) is 5.78 Å². The monoisotopic (exact) mass is 234 g/mol. The van der Waals surface area contributed by atoms with E-state index in [9.17, 15) is 0 Å². The molecule has 0 fully saturated rings. The van der Waals surface area contributed by atoms with Crippen LogP contribution in [0.25, 0.3) is 5.78 Å². The Morgan fingerprint density at radius 1 is 1.47 bits per heavy atom. The quantitative estimate of drug-likeness (QED) is 0.847. The van der Waals surface area contributed by atoms with Gasteiger partial charge in [0.15, 0.2) is 0 Å². The van der Waals surface area contributed by atoms with E-state index in [2.05, 4.69) is 46.3 Å². The molecule has 0 spiro atoms. The van der Waals surface area contributed by atoms with Crippen molar-refractivity contribution < 1.29 is 0 Å². The molecule has 0 saturated carbocycles. The minimum Gasteiger partial charge on any atom is -0.366 e. The van der Waals surface area contributed by atoms with Crippen molar-refractivity contribution in [2.75, 3.05) is 26.0 Å². The number of aryl methyl sites for hydroxylation is 1. The molecule has 1 atom stereocenters. The second-order valence-electron chi connectivity index (χ2n) is 4.56. The Balaban J connectivity index is 2.25. The average Bonchev–Trinajstić information content (AvgIpc) is 2.63. The van der Waals surface area contributed by atoms with E-state index in [4.69, 9.17) is 0 Å². The minimum atomic E-state index is 0.333. The van der Waals surface area contributed by atoms with E-state index >= 15 is 0 Å². The van der Waals surface area contributed by atoms with E-state index < -0.39 is 0 Å². The van der Waals surface area contributed by atoms with E-state index in [0.717, 1.165) is 18.1 Å². The van der Waals surface area contributed by atoms with Gasteiger partial charge in [0.05, 0.1) is 0 Å². The van der Waals surface area contributed by atoms with Crippen LogP contribution in [-0.2, 0) is 0 Å². The van der Waals surface area contributed by atoms with Gasteiger partial charge >= 0.3 is 0 Å². The standard InChI is InChI=1S/C11H18N6/c1-8-5-10(14-9(2)6-16(3)4)17-11(15-8)12-7-13-17/h5,7,9,14H,6H2,1-4H3. The number of rotatable bonds is 4. The highest BCUT2D eigenvalue weighted by Gasteiger charge is 2.09. The molecule has 0 bridgehead atoms. The highest BCUT2D eigenvalue weighted by molar-refractivity contribution is 5.45. The smallest absolute Gasteiger partial charge is 0.254 e. The molecule has 17 heavy (non-hydrogen) atoms. The van der Waals surface area contributed by atoms with E-state index in [0.29, 0.717) is 11.8 Å². The lowest BCUT2D eigenvalue weighted by Gasteiger charge is -2.19. The Morgan fingerprint density at radius 3 is 2.94 bits per heavy atom. The summed E-state index contributed by atoms with van der Waals surface area (Å²) in [6.07, 6.45) is 1.52. The van der Waals surface area contributed by atoms with Crippen LogP contribution in [0.5, 0.6) is 0 Å². The first-order chi connectivity index (χ1) is 8.06. The first kappa shape index (κ1) is 11.8. The molecule has 2 heterocycles. The van der Waals surface area contributed by atoms with Crippen molar-refractivity contribution in [3.05, 3.63) is 18.1 Å². The van der Waals surface area contributed by atoms with Crippen LogP contribution in [-0.4, -0.2) is 51.2 Å². The van der Waals surface area contributed by atoms with Gasteiger partial charge in [0, 0.05) is 24.3 Å². The highest BCUT2D eigenvalue weighted by Crippen LogP contribution is 2.11. The molecule has 1 unspecified atom stereocenters. The number of anilines is 1. The molecular weight excluding hydrogens is 216 g/mol. The zero-order valence-electron chi connectivity index (χ0n) is 10.7. The van der Waals surface area contributed by atoms with Gasteiger partial charge in [-0.15, -0.1) is 0 Å². The first-order valence-corrected chi connectivity index (χ1v) is 5.65. The molecule has 0 radical (unpaired) electrons. The zero-order chi connectivity index (χ0) is 12.4. The maximum absolute atomic E-state index is 4.30. The van der Waals surface area contributed by atoms with Crippen LogP contribution < -0.4 is 5.32 Å². The van der Waals surface area contributed by atoms with Crippen LogP contribution >= 0.6 is 0 Å². The summed E-state index contributed by atoms with van der Waals surface area (Å²) in [5.74, 6) is 1.56. The van der Waals surface area contributed by atoms with Gasteiger partial charge in [-0.25, -0.2) is 4.98 Å². The van der Waals surface area contributed by atoms with Crippen molar-refractivity contribution in [1.29, 1.82) is 0 Å². The van der Waals surface area contributed by atoms with Crippen LogP contribution in [0.2, 0.25) is 0 Å². The molecular formula is C11H18N6. The number of nitrogens with zero attached hydrogens (tertiary/aromatic N) is 5. The lowest BCUT2D eigenvalue weighted by Crippen LogP contribution is -2.30. The molecule has 2 aromatic heterocycles. The predicted octanol–water partition coefficient (Wildman–Crippen LogP) is 0.795. The van der Waals surface area contributed by atoms with Crippen LogP contribution in [0, 0.1) is 6.92 Å². The molecule has 0 amide bonds. The van der Waals surface area contributed by atoms with Crippen molar-refractivity contribution in [2.24, 2.45) is 0 Å². The van der Waals surface area contributed by atoms with Crippen molar-refractivity contribution in [3.8, 4) is 0 Å². The van der Waals surface area contributed by atoms with Gasteiger partial charge in [0.1, 0.15) is 12.1 Å². The van der Waals surface area contributed by atoms with Gasteiger partial charge in [-0.05, 0) is 27.9 Å². The Morgan fingerprint density at radius 2 is 2.24 bits per heavy atom. The number of likely N-dealkylation sites (N-methyl/N-ethyl adjacent to an activating group) is 1. The lowest BCUT2D eigenvalue weighted by molar-refractivity contribution is 0.391. The number of hydrogen-bond acceptors (Lipinski definition) is 5. The molecule has 0 saturated heterocycles. The fourth-order valence-electron chi connectivity index (χ4n) is 1.88. The average molecular weight is 234 g/mol. The van der Waals surface area contributed by atoms with E-state index in [-0.39, 0.29) is 0 Å². The fraction of sp³-hybridized carbons (Fsp3) is 0.545. The molecule has 6 heteroatoms. The Labute approximate surface area is 101 Å². The summed E-state index contributed by atoms with van der Waals surface area (Å²) in [4.78, 5) is 10.5. The number of nitrogens with one attached hydrogen (secondary N) is 1. The summed E-state index contributed by atoms with van der Waals surface area (Å²) in [5, 5.41) is 7.58. The molecule has 2 rings (SSSR count). The van der Waals surface area contributed by atoms with Crippen molar-refractivity contribution in [3.63, 3.8) is 0 Å². The Kier molecular flexibility index (Phi) is 3.23. The second kappa shape index (κ2) is 4.67. The van der Waals surface area contributed by atoms with Gasteiger partial charge in [-0.3, -0.25) is 0 Å². The van der Waals surface area contributed by atoms with Crippen LogP contribution in [0.3, 0.4) is 0 Å². The second-order valence-corrected chi connectivity index (χ2v) is 4.56. The lowest BCUT2D eigenvalue weighted by atomic mass is 10.3. The van der Waals surface area contributed by atoms with Crippen LogP contribution in [0.4, 0.5) is 5.82 Å².